The number of aliphatic hydroxyl groups is 1. The summed E-state index contributed by atoms with van der Waals surface area (Å²) in [6.45, 7) is 2.90. The number of carboxylic acid groups (broad SMARTS) is 1. The maximum absolute atomic E-state index is 13.2. The normalized spacial score (nSPS) is 14.8. The Morgan fingerprint density at radius 1 is 0.789 bits per heavy atom. The summed E-state index contributed by atoms with van der Waals surface area (Å²) in [6.07, 6.45) is 0.603. The molecule has 2 aromatic carbocycles. The van der Waals surface area contributed by atoms with Crippen LogP contribution in [-0.4, -0.2) is 69.8 Å². The summed E-state index contributed by atoms with van der Waals surface area (Å²) in [7, 11) is 0. The van der Waals surface area contributed by atoms with Crippen LogP contribution in [0.25, 0.3) is 0 Å². The van der Waals surface area contributed by atoms with Gasteiger partial charge in [0.25, 0.3) is 0 Å². The first-order valence-corrected chi connectivity index (χ1v) is 12.4. The van der Waals surface area contributed by atoms with Gasteiger partial charge in [-0.25, -0.2) is 4.79 Å². The van der Waals surface area contributed by atoms with Crippen LogP contribution < -0.4 is 21.7 Å². The number of phenols is 1. The van der Waals surface area contributed by atoms with Crippen molar-refractivity contribution in [3.63, 3.8) is 0 Å². The van der Waals surface area contributed by atoms with E-state index in [9.17, 15) is 34.5 Å². The van der Waals surface area contributed by atoms with E-state index in [-0.39, 0.29) is 24.5 Å². The number of hydrogen-bond donors (Lipinski definition) is 7. The molecule has 0 fully saturated rings. The van der Waals surface area contributed by atoms with Crippen molar-refractivity contribution in [1.82, 2.24) is 16.0 Å². The van der Waals surface area contributed by atoms with Crippen molar-refractivity contribution < 1.29 is 34.5 Å². The summed E-state index contributed by atoms with van der Waals surface area (Å²) in [4.78, 5) is 50.5. The number of carbonyl (C=O) groups excluding carboxylic acids is 3. The van der Waals surface area contributed by atoms with Crippen LogP contribution in [0.5, 0.6) is 5.75 Å². The highest BCUT2D eigenvalue weighted by molar-refractivity contribution is 5.94. The number of amides is 3. The van der Waals surface area contributed by atoms with Crippen LogP contribution in [0.15, 0.2) is 54.6 Å². The van der Waals surface area contributed by atoms with Crippen molar-refractivity contribution in [2.75, 3.05) is 6.61 Å². The minimum absolute atomic E-state index is 0.00768. The van der Waals surface area contributed by atoms with Crippen LogP contribution in [0.3, 0.4) is 0 Å². The molecule has 38 heavy (non-hydrogen) atoms. The molecule has 0 saturated heterocycles. The molecule has 0 aromatic heterocycles. The molecule has 0 aliphatic carbocycles. The number of nitrogens with one attached hydrogen (secondary N) is 3. The fourth-order valence-electron chi connectivity index (χ4n) is 3.65. The third-order valence-electron chi connectivity index (χ3n) is 6.28. The second-order valence-corrected chi connectivity index (χ2v) is 9.18. The van der Waals surface area contributed by atoms with E-state index < -0.39 is 54.5 Å². The molecule has 8 N–H and O–H groups in total. The molecule has 0 aliphatic rings. The van der Waals surface area contributed by atoms with Crippen LogP contribution in [0.1, 0.15) is 31.4 Å². The quantitative estimate of drug-likeness (QED) is 0.179. The second kappa shape index (κ2) is 14.7. The Bertz CT molecular complexity index is 1080. The topological polar surface area (TPSA) is 191 Å². The average Bonchev–Trinajstić information content (AvgIpc) is 2.91. The van der Waals surface area contributed by atoms with Crippen molar-refractivity contribution in [3.8, 4) is 5.75 Å². The fraction of sp³-hybridized carbons (Fsp3) is 0.407. The number of nitrogens with two attached hydrogens (primary N) is 1. The van der Waals surface area contributed by atoms with Gasteiger partial charge in [0.15, 0.2) is 0 Å². The Kier molecular flexibility index (Phi) is 11.7. The molecule has 0 aliphatic heterocycles. The monoisotopic (exact) mass is 528 g/mol. The number of benzene rings is 2. The number of rotatable bonds is 14. The Morgan fingerprint density at radius 3 is 1.84 bits per heavy atom. The molecule has 0 spiro atoms. The van der Waals surface area contributed by atoms with E-state index in [1.807, 2.05) is 6.92 Å². The zero-order chi connectivity index (χ0) is 28.2. The number of carbonyl (C=O) groups is 4. The average molecular weight is 529 g/mol. The third kappa shape index (κ3) is 9.16. The highest BCUT2D eigenvalue weighted by Gasteiger charge is 2.31. The van der Waals surface area contributed by atoms with Crippen LogP contribution in [0, 0.1) is 5.92 Å². The van der Waals surface area contributed by atoms with Crippen molar-refractivity contribution in [2.24, 2.45) is 11.7 Å². The molecule has 0 saturated carbocycles. The molecule has 0 heterocycles. The van der Waals surface area contributed by atoms with Gasteiger partial charge in [0.1, 0.15) is 23.9 Å². The number of aromatic hydroxyl groups is 1. The summed E-state index contributed by atoms with van der Waals surface area (Å²) in [5.41, 5.74) is 7.18. The molecule has 11 heteroatoms. The van der Waals surface area contributed by atoms with Gasteiger partial charge in [-0.3, -0.25) is 14.4 Å². The van der Waals surface area contributed by atoms with Crippen molar-refractivity contribution >= 4 is 23.7 Å². The van der Waals surface area contributed by atoms with Crippen molar-refractivity contribution in [2.45, 2.75) is 57.3 Å². The van der Waals surface area contributed by atoms with Gasteiger partial charge < -0.3 is 37.0 Å². The maximum Gasteiger partial charge on any atom is 0.326 e. The van der Waals surface area contributed by atoms with Gasteiger partial charge in [-0.15, -0.1) is 0 Å². The first kappa shape index (κ1) is 30.3. The molecule has 0 radical (unpaired) electrons. The lowest BCUT2D eigenvalue weighted by Crippen LogP contribution is -2.59. The van der Waals surface area contributed by atoms with Crippen molar-refractivity contribution in [1.29, 1.82) is 0 Å². The Morgan fingerprint density at radius 2 is 1.29 bits per heavy atom. The maximum atomic E-state index is 13.2. The van der Waals surface area contributed by atoms with E-state index in [4.69, 9.17) is 5.73 Å². The van der Waals surface area contributed by atoms with E-state index >= 15 is 0 Å². The predicted octanol–water partition coefficient (Wildman–Crippen LogP) is 0.0821. The first-order valence-electron chi connectivity index (χ1n) is 12.4. The molecule has 2 rings (SSSR count). The molecule has 11 nitrogen and oxygen atoms in total. The standard InChI is InChI=1S/C27H36N4O7/c1-3-16(2)23(28)26(36)31-22(15-32)25(35)29-20(13-18-9-11-19(33)12-10-18)24(34)30-21(27(37)38)14-17-7-5-4-6-8-17/h4-12,16,20-23,32-33H,3,13-15,28H2,1-2H3,(H,29,35)(H,30,34)(H,31,36)(H,37,38). The second-order valence-electron chi connectivity index (χ2n) is 9.18. The van der Waals surface area contributed by atoms with E-state index in [0.29, 0.717) is 17.5 Å². The third-order valence-corrected chi connectivity index (χ3v) is 6.28. The number of hydrogen-bond acceptors (Lipinski definition) is 7. The minimum atomic E-state index is -1.38. The van der Waals surface area contributed by atoms with Gasteiger partial charge in [0, 0.05) is 12.8 Å². The van der Waals surface area contributed by atoms with E-state index in [0.717, 1.165) is 0 Å². The molecule has 3 amide bonds. The minimum Gasteiger partial charge on any atom is -0.508 e. The zero-order valence-corrected chi connectivity index (χ0v) is 21.5. The molecule has 206 valence electrons. The van der Waals surface area contributed by atoms with Gasteiger partial charge in [0.2, 0.25) is 17.7 Å². The van der Waals surface area contributed by atoms with Crippen LogP contribution in [0.2, 0.25) is 0 Å². The lowest BCUT2D eigenvalue weighted by Gasteiger charge is -2.25. The molecule has 5 unspecified atom stereocenters. The molecular weight excluding hydrogens is 492 g/mol. The van der Waals surface area contributed by atoms with Gasteiger partial charge in [-0.2, -0.15) is 0 Å². The SMILES string of the molecule is CCC(C)C(N)C(=O)NC(CO)C(=O)NC(Cc1ccc(O)cc1)C(=O)NC(Cc1ccccc1)C(=O)O. The summed E-state index contributed by atoms with van der Waals surface area (Å²) >= 11 is 0. The number of aliphatic hydroxyl groups excluding tert-OH is 1. The van der Waals surface area contributed by atoms with E-state index in [2.05, 4.69) is 16.0 Å². The van der Waals surface area contributed by atoms with Gasteiger partial charge >= 0.3 is 5.97 Å². The molecule has 0 bridgehead atoms. The smallest absolute Gasteiger partial charge is 0.326 e. The number of aliphatic carboxylic acids is 1. The summed E-state index contributed by atoms with van der Waals surface area (Å²) in [5.74, 6) is -3.64. The van der Waals surface area contributed by atoms with Gasteiger partial charge in [-0.1, -0.05) is 62.7 Å². The van der Waals surface area contributed by atoms with Gasteiger partial charge in [-0.05, 0) is 29.2 Å². The highest BCUT2D eigenvalue weighted by Crippen LogP contribution is 2.12. The predicted molar refractivity (Wildman–Crippen MR) is 140 cm³/mol. The fourth-order valence-corrected chi connectivity index (χ4v) is 3.65. The summed E-state index contributed by atoms with van der Waals surface area (Å²) in [6, 6.07) is 9.88. The molecule has 5 atom stereocenters. The van der Waals surface area contributed by atoms with Crippen LogP contribution in [-0.2, 0) is 32.0 Å². The molecular formula is C27H36N4O7. The summed E-state index contributed by atoms with van der Waals surface area (Å²) in [5, 5.41) is 36.4. The molecule has 2 aromatic rings. The lowest BCUT2D eigenvalue weighted by atomic mass is 9.99. The van der Waals surface area contributed by atoms with E-state index in [1.165, 1.54) is 12.1 Å². The highest BCUT2D eigenvalue weighted by atomic mass is 16.4. The lowest BCUT2D eigenvalue weighted by molar-refractivity contribution is -0.142. The van der Waals surface area contributed by atoms with Gasteiger partial charge in [0.05, 0.1) is 12.6 Å². The number of phenolic OH excluding ortho intramolecular Hbond substituents is 1. The van der Waals surface area contributed by atoms with Crippen LogP contribution >= 0.6 is 0 Å². The Balaban J connectivity index is 2.21. The van der Waals surface area contributed by atoms with Crippen molar-refractivity contribution in [3.05, 3.63) is 65.7 Å². The zero-order valence-electron chi connectivity index (χ0n) is 21.5. The number of carboxylic acids is 1. The Hall–Kier alpha value is -3.96. The summed E-state index contributed by atoms with van der Waals surface area (Å²) < 4.78 is 0. The first-order chi connectivity index (χ1) is 18.0. The Labute approximate surface area is 221 Å². The van der Waals surface area contributed by atoms with E-state index in [1.54, 1.807) is 49.4 Å². The largest absolute Gasteiger partial charge is 0.508 e. The van der Waals surface area contributed by atoms with Crippen LogP contribution in [0.4, 0.5) is 0 Å².